The minimum atomic E-state index is -4.48. The van der Waals surface area contributed by atoms with Crippen LogP contribution in [0.3, 0.4) is 0 Å². The Kier molecular flexibility index (Phi) is 4.39. The van der Waals surface area contributed by atoms with Gasteiger partial charge in [-0.2, -0.15) is 13.2 Å². The van der Waals surface area contributed by atoms with Gasteiger partial charge >= 0.3 is 12.1 Å². The van der Waals surface area contributed by atoms with Crippen LogP contribution in [-0.4, -0.2) is 10.8 Å². The molecule has 0 aliphatic rings. The lowest BCUT2D eigenvalue weighted by Gasteiger charge is -2.15. The van der Waals surface area contributed by atoms with Crippen LogP contribution in [0.5, 0.6) is 0 Å². The summed E-state index contributed by atoms with van der Waals surface area (Å²) in [6.45, 7) is 1.49. The number of carbonyl (C=O) groups excluding carboxylic acids is 1. The number of furan rings is 1. The Hall–Kier alpha value is -2.84. The largest absolute Gasteiger partial charge is 0.433 e. The van der Waals surface area contributed by atoms with E-state index in [1.165, 1.54) is 19.1 Å². The lowest BCUT2D eigenvalue weighted by molar-refractivity contribution is -0.402. The van der Waals surface area contributed by atoms with Gasteiger partial charge in [-0.25, -0.2) is 0 Å². The van der Waals surface area contributed by atoms with E-state index in [0.29, 0.717) is 0 Å². The van der Waals surface area contributed by atoms with Crippen molar-refractivity contribution < 1.29 is 27.3 Å². The van der Waals surface area contributed by atoms with E-state index in [2.05, 4.69) is 5.32 Å². The van der Waals surface area contributed by atoms with Gasteiger partial charge in [-0.3, -0.25) is 14.9 Å². The molecule has 1 unspecified atom stereocenters. The van der Waals surface area contributed by atoms with E-state index in [1.54, 1.807) is 0 Å². The third kappa shape index (κ3) is 3.87. The number of nitrogens with one attached hydrogen (secondary N) is 1. The highest BCUT2D eigenvalue weighted by Crippen LogP contribution is 2.30. The molecule has 2 rings (SSSR count). The summed E-state index contributed by atoms with van der Waals surface area (Å²) >= 11 is 0. The molecule has 0 aliphatic heterocycles. The maximum atomic E-state index is 12.7. The second-order valence-corrected chi connectivity index (χ2v) is 4.71. The van der Waals surface area contributed by atoms with Crippen LogP contribution < -0.4 is 5.32 Å². The Morgan fingerprint density at radius 1 is 1.30 bits per heavy atom. The molecule has 0 spiro atoms. The van der Waals surface area contributed by atoms with Crippen LogP contribution in [0.25, 0.3) is 0 Å². The lowest BCUT2D eigenvalue weighted by atomic mass is 10.0. The Morgan fingerprint density at radius 2 is 2.00 bits per heavy atom. The average molecular weight is 328 g/mol. The van der Waals surface area contributed by atoms with E-state index in [-0.39, 0.29) is 11.3 Å². The molecule has 6 nitrogen and oxygen atoms in total. The minimum Gasteiger partial charge on any atom is -0.395 e. The molecule has 0 saturated carbocycles. The zero-order valence-electron chi connectivity index (χ0n) is 11.8. The third-order valence-corrected chi connectivity index (χ3v) is 3.06. The van der Waals surface area contributed by atoms with Crippen molar-refractivity contribution >= 4 is 11.8 Å². The molecule has 0 bridgehead atoms. The number of carbonyl (C=O) groups is 1. The smallest absolute Gasteiger partial charge is 0.395 e. The van der Waals surface area contributed by atoms with Crippen molar-refractivity contribution in [3.63, 3.8) is 0 Å². The number of nitro groups is 1. The fraction of sp³-hybridized carbons (Fsp3) is 0.214. The van der Waals surface area contributed by atoms with Gasteiger partial charge in [0.1, 0.15) is 4.92 Å². The van der Waals surface area contributed by atoms with Gasteiger partial charge in [0, 0.05) is 0 Å². The normalized spacial score (nSPS) is 12.7. The van der Waals surface area contributed by atoms with Gasteiger partial charge in [-0.15, -0.1) is 0 Å². The fourth-order valence-corrected chi connectivity index (χ4v) is 1.88. The molecule has 0 saturated heterocycles. The summed E-state index contributed by atoms with van der Waals surface area (Å²) in [7, 11) is 0. The van der Waals surface area contributed by atoms with Gasteiger partial charge in [0.15, 0.2) is 5.76 Å². The predicted octanol–water partition coefficient (Wildman–Crippen LogP) is 3.70. The highest BCUT2D eigenvalue weighted by Gasteiger charge is 2.31. The second-order valence-electron chi connectivity index (χ2n) is 4.71. The molecule has 0 aliphatic carbocycles. The first-order valence-electron chi connectivity index (χ1n) is 6.40. The first-order valence-corrected chi connectivity index (χ1v) is 6.40. The number of amides is 1. The summed E-state index contributed by atoms with van der Waals surface area (Å²) in [6, 6.07) is 5.91. The summed E-state index contributed by atoms with van der Waals surface area (Å²) in [6.07, 6.45) is -4.48. The highest BCUT2D eigenvalue weighted by atomic mass is 19.4. The molecule has 0 radical (unpaired) electrons. The number of benzene rings is 1. The Balaban J connectivity index is 2.13. The fourth-order valence-electron chi connectivity index (χ4n) is 1.88. The molecule has 122 valence electrons. The molecule has 1 amide bonds. The predicted molar refractivity (Wildman–Crippen MR) is 72.7 cm³/mol. The van der Waals surface area contributed by atoms with Crippen LogP contribution >= 0.6 is 0 Å². The van der Waals surface area contributed by atoms with E-state index >= 15 is 0 Å². The molecule has 1 aromatic heterocycles. The average Bonchev–Trinajstić information content (AvgIpc) is 2.96. The minimum absolute atomic E-state index is 0.245. The first-order chi connectivity index (χ1) is 10.7. The Morgan fingerprint density at radius 3 is 2.57 bits per heavy atom. The second kappa shape index (κ2) is 6.11. The van der Waals surface area contributed by atoms with E-state index in [9.17, 15) is 28.1 Å². The maximum Gasteiger partial charge on any atom is 0.433 e. The summed E-state index contributed by atoms with van der Waals surface area (Å²) < 4.78 is 42.7. The molecular weight excluding hydrogens is 317 g/mol. The van der Waals surface area contributed by atoms with Crippen molar-refractivity contribution in [3.8, 4) is 0 Å². The van der Waals surface area contributed by atoms with Crippen LogP contribution in [0.4, 0.5) is 19.1 Å². The molecule has 9 heteroatoms. The summed E-state index contributed by atoms with van der Waals surface area (Å²) in [4.78, 5) is 21.6. The molecule has 1 aromatic carbocycles. The molecule has 23 heavy (non-hydrogen) atoms. The number of alkyl halides is 3. The maximum absolute atomic E-state index is 12.7. The molecule has 1 atom stereocenters. The van der Waals surface area contributed by atoms with Crippen molar-refractivity contribution in [3.05, 3.63) is 63.4 Å². The first kappa shape index (κ1) is 16.5. The zero-order chi connectivity index (χ0) is 17.2. The molecule has 1 heterocycles. The number of hydrogen-bond donors (Lipinski definition) is 1. The molecular formula is C14H11F3N2O4. The summed E-state index contributed by atoms with van der Waals surface area (Å²) in [5, 5.41) is 12.9. The van der Waals surface area contributed by atoms with Crippen LogP contribution in [-0.2, 0) is 6.18 Å². The van der Waals surface area contributed by atoms with E-state index in [4.69, 9.17) is 4.42 Å². The van der Waals surface area contributed by atoms with Gasteiger partial charge < -0.3 is 9.73 Å². The van der Waals surface area contributed by atoms with Crippen molar-refractivity contribution in [2.45, 2.75) is 19.1 Å². The monoisotopic (exact) mass is 328 g/mol. The van der Waals surface area contributed by atoms with Crippen molar-refractivity contribution in [2.24, 2.45) is 0 Å². The van der Waals surface area contributed by atoms with Gasteiger partial charge in [0.2, 0.25) is 0 Å². The SMILES string of the molecule is CC(NC(=O)c1ccc([N+](=O)[O-])o1)c1cccc(C(F)(F)F)c1. The van der Waals surface area contributed by atoms with Gasteiger partial charge in [0.25, 0.3) is 5.91 Å². The number of nitrogens with zero attached hydrogens (tertiary/aromatic N) is 1. The number of halogens is 3. The Labute approximate surface area is 128 Å². The van der Waals surface area contributed by atoms with Crippen LogP contribution in [0.1, 0.15) is 34.6 Å². The van der Waals surface area contributed by atoms with E-state index in [1.807, 2.05) is 0 Å². The Bertz CT molecular complexity index is 740. The van der Waals surface area contributed by atoms with E-state index in [0.717, 1.165) is 24.3 Å². The van der Waals surface area contributed by atoms with Crippen LogP contribution in [0.2, 0.25) is 0 Å². The lowest BCUT2D eigenvalue weighted by Crippen LogP contribution is -2.26. The molecule has 1 N–H and O–H groups in total. The quantitative estimate of drug-likeness (QED) is 0.685. The van der Waals surface area contributed by atoms with Crippen LogP contribution in [0, 0.1) is 10.1 Å². The summed E-state index contributed by atoms with van der Waals surface area (Å²) in [5.41, 5.74) is -0.584. The van der Waals surface area contributed by atoms with Crippen LogP contribution in [0.15, 0.2) is 40.8 Å². The zero-order valence-corrected chi connectivity index (χ0v) is 11.8. The van der Waals surface area contributed by atoms with Gasteiger partial charge in [0.05, 0.1) is 17.7 Å². The van der Waals surface area contributed by atoms with Gasteiger partial charge in [-0.1, -0.05) is 12.1 Å². The van der Waals surface area contributed by atoms with Crippen molar-refractivity contribution in [1.29, 1.82) is 0 Å². The van der Waals surface area contributed by atoms with Crippen molar-refractivity contribution in [2.75, 3.05) is 0 Å². The highest BCUT2D eigenvalue weighted by molar-refractivity contribution is 5.91. The number of rotatable bonds is 4. The summed E-state index contributed by atoms with van der Waals surface area (Å²) in [5.74, 6) is -1.65. The molecule has 0 fully saturated rings. The van der Waals surface area contributed by atoms with E-state index < -0.39 is 34.5 Å². The topological polar surface area (TPSA) is 85.4 Å². The molecule has 2 aromatic rings. The standard InChI is InChI=1S/C14H11F3N2O4/c1-8(9-3-2-4-10(7-9)14(15,16)17)18-13(20)11-5-6-12(23-11)19(21)22/h2-8H,1H3,(H,18,20). The van der Waals surface area contributed by atoms with Crippen molar-refractivity contribution in [1.82, 2.24) is 5.32 Å². The van der Waals surface area contributed by atoms with Gasteiger partial charge in [-0.05, 0) is 30.7 Å². The third-order valence-electron chi connectivity index (χ3n) is 3.06. The number of hydrogen-bond acceptors (Lipinski definition) is 4.